The molecule has 0 saturated heterocycles. The summed E-state index contributed by atoms with van der Waals surface area (Å²) in [6.45, 7) is 4.77. The number of aliphatic hydroxyl groups is 1. The van der Waals surface area contributed by atoms with Gasteiger partial charge in [0.2, 0.25) is 0 Å². The first-order chi connectivity index (χ1) is 4.66. The van der Waals surface area contributed by atoms with Crippen LogP contribution in [0.5, 0.6) is 0 Å². The number of rotatable bonds is 5. The van der Waals surface area contributed by atoms with Gasteiger partial charge in [-0.25, -0.2) is 0 Å². The minimum atomic E-state index is -0.153. The fourth-order valence-electron chi connectivity index (χ4n) is 0.955. The molecule has 0 aromatic rings. The molecule has 0 heterocycles. The third-order valence-electron chi connectivity index (χ3n) is 1.74. The van der Waals surface area contributed by atoms with Crippen molar-refractivity contribution in [2.75, 3.05) is 6.54 Å². The van der Waals surface area contributed by atoms with Crippen molar-refractivity contribution in [1.82, 2.24) is 0 Å². The minimum absolute atomic E-state index is 0.153. The molecule has 0 aliphatic carbocycles. The lowest BCUT2D eigenvalue weighted by molar-refractivity contribution is 0.174. The van der Waals surface area contributed by atoms with Crippen LogP contribution in [-0.4, -0.2) is 17.8 Å². The first-order valence-electron chi connectivity index (χ1n) is 4.05. The average Bonchev–Trinajstić information content (AvgIpc) is 1.85. The smallest absolute Gasteiger partial charge is 0.0512 e. The molecule has 0 aromatic heterocycles. The molecule has 10 heavy (non-hydrogen) atoms. The van der Waals surface area contributed by atoms with Gasteiger partial charge in [-0.3, -0.25) is 0 Å². The lowest BCUT2D eigenvalue weighted by atomic mass is 10.0. The van der Waals surface area contributed by atoms with E-state index in [1.807, 2.05) is 6.92 Å². The van der Waals surface area contributed by atoms with Crippen LogP contribution >= 0.6 is 0 Å². The van der Waals surface area contributed by atoms with Gasteiger partial charge in [0.1, 0.15) is 0 Å². The molecule has 2 unspecified atom stereocenters. The van der Waals surface area contributed by atoms with E-state index >= 15 is 0 Å². The van der Waals surface area contributed by atoms with Crippen molar-refractivity contribution in [1.29, 1.82) is 0 Å². The summed E-state index contributed by atoms with van der Waals surface area (Å²) in [6, 6.07) is 0. The van der Waals surface area contributed by atoms with Gasteiger partial charge in [-0.05, 0) is 38.6 Å². The maximum Gasteiger partial charge on any atom is 0.0512 e. The van der Waals surface area contributed by atoms with Crippen molar-refractivity contribution in [3.8, 4) is 0 Å². The summed E-state index contributed by atoms with van der Waals surface area (Å²) >= 11 is 0. The monoisotopic (exact) mass is 145 g/mol. The van der Waals surface area contributed by atoms with E-state index in [1.165, 1.54) is 0 Å². The maximum absolute atomic E-state index is 8.94. The first kappa shape index (κ1) is 9.92. The Labute approximate surface area is 63.4 Å². The SMILES string of the molecule is CC(O)CCC(C)CCN. The van der Waals surface area contributed by atoms with Crippen LogP contribution in [0.4, 0.5) is 0 Å². The molecule has 0 spiro atoms. The maximum atomic E-state index is 8.94. The normalized spacial score (nSPS) is 16.8. The second kappa shape index (κ2) is 5.69. The highest BCUT2D eigenvalue weighted by molar-refractivity contribution is 4.56. The molecule has 0 bridgehead atoms. The summed E-state index contributed by atoms with van der Waals surface area (Å²) in [5.74, 6) is 0.666. The standard InChI is InChI=1S/C8H19NO/c1-7(5-6-9)3-4-8(2)10/h7-8,10H,3-6,9H2,1-2H3. The van der Waals surface area contributed by atoms with Crippen molar-refractivity contribution in [3.05, 3.63) is 0 Å². The second-order valence-corrected chi connectivity index (χ2v) is 3.11. The van der Waals surface area contributed by atoms with Crippen LogP contribution in [0.1, 0.15) is 33.1 Å². The molecule has 0 aromatic carbocycles. The van der Waals surface area contributed by atoms with Crippen molar-refractivity contribution in [2.24, 2.45) is 11.7 Å². The van der Waals surface area contributed by atoms with Crippen LogP contribution in [-0.2, 0) is 0 Å². The van der Waals surface area contributed by atoms with Crippen LogP contribution in [0.15, 0.2) is 0 Å². The largest absolute Gasteiger partial charge is 0.393 e. The summed E-state index contributed by atoms with van der Waals surface area (Å²) in [5.41, 5.74) is 5.37. The van der Waals surface area contributed by atoms with Crippen LogP contribution in [0, 0.1) is 5.92 Å². The molecule has 0 radical (unpaired) electrons. The Hall–Kier alpha value is -0.0800. The lowest BCUT2D eigenvalue weighted by Crippen LogP contribution is -2.08. The topological polar surface area (TPSA) is 46.2 Å². The Morgan fingerprint density at radius 3 is 2.20 bits per heavy atom. The Balaban J connectivity index is 3.12. The summed E-state index contributed by atoms with van der Waals surface area (Å²) in [6.07, 6.45) is 2.92. The Morgan fingerprint density at radius 2 is 1.80 bits per heavy atom. The predicted octanol–water partition coefficient (Wildman–Crippen LogP) is 1.13. The predicted molar refractivity (Wildman–Crippen MR) is 43.8 cm³/mol. The zero-order chi connectivity index (χ0) is 7.98. The molecule has 62 valence electrons. The Bertz CT molecular complexity index is 73.7. The highest BCUT2D eigenvalue weighted by Crippen LogP contribution is 2.10. The average molecular weight is 145 g/mol. The third kappa shape index (κ3) is 6.05. The van der Waals surface area contributed by atoms with Gasteiger partial charge in [-0.15, -0.1) is 0 Å². The molecule has 2 atom stereocenters. The van der Waals surface area contributed by atoms with Crippen molar-refractivity contribution in [3.63, 3.8) is 0 Å². The number of hydrogen-bond donors (Lipinski definition) is 2. The number of aliphatic hydroxyl groups excluding tert-OH is 1. The third-order valence-corrected chi connectivity index (χ3v) is 1.74. The van der Waals surface area contributed by atoms with Gasteiger partial charge in [0.15, 0.2) is 0 Å². The van der Waals surface area contributed by atoms with Gasteiger partial charge in [-0.2, -0.15) is 0 Å². The highest BCUT2D eigenvalue weighted by atomic mass is 16.3. The molecule has 0 rings (SSSR count). The number of nitrogens with two attached hydrogens (primary N) is 1. The summed E-state index contributed by atoms with van der Waals surface area (Å²) in [7, 11) is 0. The van der Waals surface area contributed by atoms with Crippen molar-refractivity contribution >= 4 is 0 Å². The second-order valence-electron chi connectivity index (χ2n) is 3.11. The van der Waals surface area contributed by atoms with Gasteiger partial charge < -0.3 is 10.8 Å². The van der Waals surface area contributed by atoms with E-state index in [9.17, 15) is 0 Å². The van der Waals surface area contributed by atoms with E-state index in [2.05, 4.69) is 6.92 Å². The van der Waals surface area contributed by atoms with Crippen molar-refractivity contribution in [2.45, 2.75) is 39.2 Å². The minimum Gasteiger partial charge on any atom is -0.393 e. The van der Waals surface area contributed by atoms with E-state index < -0.39 is 0 Å². The Kier molecular flexibility index (Phi) is 5.64. The quantitative estimate of drug-likeness (QED) is 0.609. The number of hydrogen-bond acceptors (Lipinski definition) is 2. The van der Waals surface area contributed by atoms with Crippen LogP contribution in [0.3, 0.4) is 0 Å². The highest BCUT2D eigenvalue weighted by Gasteiger charge is 2.02. The molecule has 0 fully saturated rings. The van der Waals surface area contributed by atoms with E-state index in [4.69, 9.17) is 10.8 Å². The molecule has 0 aliphatic rings. The van der Waals surface area contributed by atoms with Gasteiger partial charge in [0.25, 0.3) is 0 Å². The van der Waals surface area contributed by atoms with E-state index in [1.54, 1.807) is 0 Å². The molecule has 0 aliphatic heterocycles. The molecule has 2 nitrogen and oxygen atoms in total. The van der Waals surface area contributed by atoms with Crippen molar-refractivity contribution < 1.29 is 5.11 Å². The summed E-state index contributed by atoms with van der Waals surface area (Å²) in [4.78, 5) is 0. The fraction of sp³-hybridized carbons (Fsp3) is 1.00. The van der Waals surface area contributed by atoms with Crippen LogP contribution in [0.25, 0.3) is 0 Å². The molecule has 0 amide bonds. The molecule has 2 heteroatoms. The first-order valence-corrected chi connectivity index (χ1v) is 4.05. The van der Waals surface area contributed by atoms with Gasteiger partial charge in [0, 0.05) is 0 Å². The molecular formula is C8H19NO. The van der Waals surface area contributed by atoms with Gasteiger partial charge >= 0.3 is 0 Å². The molecule has 3 N–H and O–H groups in total. The zero-order valence-electron chi connectivity index (χ0n) is 7.01. The van der Waals surface area contributed by atoms with E-state index in [0.29, 0.717) is 5.92 Å². The van der Waals surface area contributed by atoms with Gasteiger partial charge in [0.05, 0.1) is 6.10 Å². The summed E-state index contributed by atoms with van der Waals surface area (Å²) < 4.78 is 0. The van der Waals surface area contributed by atoms with Crippen LogP contribution in [0.2, 0.25) is 0 Å². The van der Waals surface area contributed by atoms with Crippen LogP contribution < -0.4 is 5.73 Å². The Morgan fingerprint density at radius 1 is 1.20 bits per heavy atom. The lowest BCUT2D eigenvalue weighted by Gasteiger charge is -2.10. The van der Waals surface area contributed by atoms with E-state index in [0.717, 1.165) is 25.8 Å². The molecule has 0 saturated carbocycles. The fourth-order valence-corrected chi connectivity index (χ4v) is 0.955. The van der Waals surface area contributed by atoms with E-state index in [-0.39, 0.29) is 6.10 Å². The van der Waals surface area contributed by atoms with Gasteiger partial charge in [-0.1, -0.05) is 6.92 Å². The zero-order valence-corrected chi connectivity index (χ0v) is 7.01. The molecular weight excluding hydrogens is 126 g/mol. The summed E-state index contributed by atoms with van der Waals surface area (Å²) in [5, 5.41) is 8.94.